The third-order valence-corrected chi connectivity index (χ3v) is 3.21. The molecule has 1 atom stereocenters. The number of nitriles is 1. The van der Waals surface area contributed by atoms with Crippen molar-refractivity contribution < 1.29 is 9.47 Å². The standard InChI is InChI=1S/C14H18N2O2/c1-11(10-15)16(2)6-5-12-3-4-13-14(9-12)18-8-7-17-13/h3-4,9,11H,5-8H2,1-2H3. The lowest BCUT2D eigenvalue weighted by Gasteiger charge is -2.21. The van der Waals surface area contributed by atoms with Crippen LogP contribution in [-0.2, 0) is 6.42 Å². The van der Waals surface area contributed by atoms with Gasteiger partial charge in [0.1, 0.15) is 13.2 Å². The molecule has 1 aromatic carbocycles. The van der Waals surface area contributed by atoms with Gasteiger partial charge in [0.2, 0.25) is 0 Å². The number of nitrogens with zero attached hydrogens (tertiary/aromatic N) is 2. The molecule has 0 fully saturated rings. The summed E-state index contributed by atoms with van der Waals surface area (Å²) in [7, 11) is 1.96. The molecule has 96 valence electrons. The number of benzene rings is 1. The molecule has 0 radical (unpaired) electrons. The topological polar surface area (TPSA) is 45.5 Å². The molecule has 2 rings (SSSR count). The molecular weight excluding hydrogens is 228 g/mol. The second kappa shape index (κ2) is 5.74. The van der Waals surface area contributed by atoms with Crippen molar-refractivity contribution in [3.63, 3.8) is 0 Å². The van der Waals surface area contributed by atoms with E-state index in [1.807, 2.05) is 31.0 Å². The molecule has 0 aliphatic carbocycles. The largest absolute Gasteiger partial charge is 0.486 e. The number of ether oxygens (including phenoxy) is 2. The second-order valence-electron chi connectivity index (χ2n) is 4.51. The lowest BCUT2D eigenvalue weighted by molar-refractivity contribution is 0.171. The summed E-state index contributed by atoms with van der Waals surface area (Å²) in [6, 6.07) is 8.22. The van der Waals surface area contributed by atoms with Crippen molar-refractivity contribution in [1.29, 1.82) is 5.26 Å². The minimum Gasteiger partial charge on any atom is -0.486 e. The van der Waals surface area contributed by atoms with Gasteiger partial charge in [0.05, 0.1) is 12.1 Å². The molecule has 1 aromatic rings. The van der Waals surface area contributed by atoms with Gasteiger partial charge in [-0.2, -0.15) is 5.26 Å². The SMILES string of the molecule is CC(C#N)N(C)CCc1ccc2c(c1)OCCO2. The first-order chi connectivity index (χ1) is 8.70. The van der Waals surface area contributed by atoms with Gasteiger partial charge in [-0.05, 0) is 38.1 Å². The first kappa shape index (κ1) is 12.7. The van der Waals surface area contributed by atoms with Crippen LogP contribution in [0.15, 0.2) is 18.2 Å². The van der Waals surface area contributed by atoms with Crippen LogP contribution < -0.4 is 9.47 Å². The predicted molar refractivity (Wildman–Crippen MR) is 68.8 cm³/mol. The smallest absolute Gasteiger partial charge is 0.161 e. The van der Waals surface area contributed by atoms with Crippen molar-refractivity contribution in [3.05, 3.63) is 23.8 Å². The Labute approximate surface area is 108 Å². The molecule has 0 amide bonds. The lowest BCUT2D eigenvalue weighted by Crippen LogP contribution is -2.29. The number of fused-ring (bicyclic) bond motifs is 1. The van der Waals surface area contributed by atoms with E-state index in [0.717, 1.165) is 24.5 Å². The molecule has 0 saturated carbocycles. The van der Waals surface area contributed by atoms with Crippen LogP contribution in [0.2, 0.25) is 0 Å². The quantitative estimate of drug-likeness (QED) is 0.813. The van der Waals surface area contributed by atoms with Crippen LogP contribution in [-0.4, -0.2) is 37.7 Å². The average molecular weight is 246 g/mol. The van der Waals surface area contributed by atoms with E-state index >= 15 is 0 Å². The number of hydrogen-bond donors (Lipinski definition) is 0. The van der Waals surface area contributed by atoms with Gasteiger partial charge in [-0.15, -0.1) is 0 Å². The molecule has 1 aliphatic heterocycles. The van der Waals surface area contributed by atoms with E-state index in [4.69, 9.17) is 14.7 Å². The fourth-order valence-electron chi connectivity index (χ4n) is 1.84. The van der Waals surface area contributed by atoms with Gasteiger partial charge in [0.25, 0.3) is 0 Å². The van der Waals surface area contributed by atoms with Crippen molar-refractivity contribution in [2.24, 2.45) is 0 Å². The van der Waals surface area contributed by atoms with Crippen molar-refractivity contribution in [2.75, 3.05) is 26.8 Å². The summed E-state index contributed by atoms with van der Waals surface area (Å²) in [4.78, 5) is 2.04. The number of hydrogen-bond acceptors (Lipinski definition) is 4. The van der Waals surface area contributed by atoms with Crippen molar-refractivity contribution in [3.8, 4) is 17.6 Å². The molecule has 18 heavy (non-hydrogen) atoms. The summed E-state index contributed by atoms with van der Waals surface area (Å²) in [6.45, 7) is 3.99. The normalized spacial score (nSPS) is 15.2. The molecule has 0 bridgehead atoms. The Morgan fingerprint density at radius 2 is 2.06 bits per heavy atom. The highest BCUT2D eigenvalue weighted by Gasteiger charge is 2.12. The molecule has 4 heteroatoms. The number of rotatable bonds is 4. The molecule has 1 unspecified atom stereocenters. The highest BCUT2D eigenvalue weighted by molar-refractivity contribution is 5.43. The van der Waals surface area contributed by atoms with Crippen LogP contribution in [0.3, 0.4) is 0 Å². The minimum absolute atomic E-state index is 0.0535. The molecule has 0 saturated heterocycles. The van der Waals surface area contributed by atoms with E-state index in [0.29, 0.717) is 13.2 Å². The van der Waals surface area contributed by atoms with Gasteiger partial charge >= 0.3 is 0 Å². The van der Waals surface area contributed by atoms with E-state index in [1.54, 1.807) is 0 Å². The molecule has 0 N–H and O–H groups in total. The van der Waals surface area contributed by atoms with E-state index in [9.17, 15) is 0 Å². The van der Waals surface area contributed by atoms with Crippen LogP contribution in [0.25, 0.3) is 0 Å². The zero-order chi connectivity index (χ0) is 13.0. The summed E-state index contributed by atoms with van der Waals surface area (Å²) in [6.07, 6.45) is 0.902. The van der Waals surface area contributed by atoms with E-state index < -0.39 is 0 Å². The minimum atomic E-state index is -0.0535. The predicted octanol–water partition coefficient (Wildman–Crippen LogP) is 1.84. The Balaban J connectivity index is 1.96. The first-order valence-corrected chi connectivity index (χ1v) is 6.19. The van der Waals surface area contributed by atoms with Gasteiger partial charge < -0.3 is 9.47 Å². The van der Waals surface area contributed by atoms with Gasteiger partial charge in [-0.3, -0.25) is 4.90 Å². The summed E-state index contributed by atoms with van der Waals surface area (Å²) in [5, 5.41) is 8.83. The van der Waals surface area contributed by atoms with Crippen LogP contribution >= 0.6 is 0 Å². The van der Waals surface area contributed by atoms with E-state index in [2.05, 4.69) is 12.1 Å². The Bertz CT molecular complexity index is 454. The molecule has 0 aromatic heterocycles. The van der Waals surface area contributed by atoms with E-state index in [1.165, 1.54) is 5.56 Å². The maximum atomic E-state index is 8.83. The maximum Gasteiger partial charge on any atom is 0.161 e. The average Bonchev–Trinajstić information content (AvgIpc) is 2.43. The fraction of sp³-hybridized carbons (Fsp3) is 0.500. The van der Waals surface area contributed by atoms with Gasteiger partial charge in [0.15, 0.2) is 11.5 Å². The first-order valence-electron chi connectivity index (χ1n) is 6.19. The lowest BCUT2D eigenvalue weighted by atomic mass is 10.1. The summed E-state index contributed by atoms with van der Waals surface area (Å²) in [5.74, 6) is 1.65. The zero-order valence-electron chi connectivity index (χ0n) is 10.8. The maximum absolute atomic E-state index is 8.83. The van der Waals surface area contributed by atoms with Gasteiger partial charge in [-0.25, -0.2) is 0 Å². The van der Waals surface area contributed by atoms with Crippen LogP contribution in [0.5, 0.6) is 11.5 Å². The van der Waals surface area contributed by atoms with Crippen molar-refractivity contribution in [1.82, 2.24) is 4.90 Å². The van der Waals surface area contributed by atoms with Gasteiger partial charge in [0, 0.05) is 6.54 Å². The zero-order valence-corrected chi connectivity index (χ0v) is 10.8. The summed E-state index contributed by atoms with van der Waals surface area (Å²) >= 11 is 0. The highest BCUT2D eigenvalue weighted by atomic mass is 16.6. The molecule has 1 aliphatic rings. The Kier molecular flexibility index (Phi) is 4.06. The summed E-state index contributed by atoms with van der Waals surface area (Å²) < 4.78 is 11.0. The molecule has 4 nitrogen and oxygen atoms in total. The van der Waals surface area contributed by atoms with Gasteiger partial charge in [-0.1, -0.05) is 6.07 Å². The van der Waals surface area contributed by atoms with Crippen LogP contribution in [0, 0.1) is 11.3 Å². The highest BCUT2D eigenvalue weighted by Crippen LogP contribution is 2.30. The fourth-order valence-corrected chi connectivity index (χ4v) is 1.84. The second-order valence-corrected chi connectivity index (χ2v) is 4.51. The molecule has 0 spiro atoms. The Morgan fingerprint density at radius 1 is 1.33 bits per heavy atom. The Morgan fingerprint density at radius 3 is 2.78 bits per heavy atom. The van der Waals surface area contributed by atoms with Crippen molar-refractivity contribution in [2.45, 2.75) is 19.4 Å². The van der Waals surface area contributed by atoms with E-state index in [-0.39, 0.29) is 6.04 Å². The molecular formula is C14H18N2O2. The number of likely N-dealkylation sites (N-methyl/N-ethyl adjacent to an activating group) is 1. The van der Waals surface area contributed by atoms with Crippen LogP contribution in [0.4, 0.5) is 0 Å². The summed E-state index contributed by atoms with van der Waals surface area (Å²) in [5.41, 5.74) is 1.20. The third-order valence-electron chi connectivity index (χ3n) is 3.21. The monoisotopic (exact) mass is 246 g/mol. The Hall–Kier alpha value is -1.73. The third kappa shape index (κ3) is 2.93. The van der Waals surface area contributed by atoms with Crippen molar-refractivity contribution >= 4 is 0 Å². The molecule has 1 heterocycles. The van der Waals surface area contributed by atoms with Crippen LogP contribution in [0.1, 0.15) is 12.5 Å².